The normalized spacial score (nSPS) is 12.0. The Kier molecular flexibility index (Phi) is 3.92. The second kappa shape index (κ2) is 5.62. The van der Waals surface area contributed by atoms with E-state index < -0.39 is 0 Å². The van der Waals surface area contributed by atoms with E-state index in [1.165, 1.54) is 11.1 Å². The minimum absolute atomic E-state index is 0.220. The van der Waals surface area contributed by atoms with E-state index in [1.54, 1.807) is 11.3 Å². The number of aryl methyl sites for hydroxylation is 1. The molecule has 1 atom stereocenters. The first-order chi connectivity index (χ1) is 8.29. The van der Waals surface area contributed by atoms with Gasteiger partial charge in [0.25, 0.3) is 0 Å². The van der Waals surface area contributed by atoms with Crippen molar-refractivity contribution in [2.24, 2.45) is 0 Å². The Bertz CT molecular complexity index is 494. The van der Waals surface area contributed by atoms with Crippen molar-refractivity contribution in [3.63, 3.8) is 0 Å². The van der Waals surface area contributed by atoms with Crippen LogP contribution < -0.4 is 5.32 Å². The van der Waals surface area contributed by atoms with Gasteiger partial charge in [-0.1, -0.05) is 29.8 Å². The van der Waals surface area contributed by atoms with E-state index in [-0.39, 0.29) is 6.04 Å². The summed E-state index contributed by atoms with van der Waals surface area (Å²) < 4.78 is 0. The van der Waals surface area contributed by atoms with Crippen LogP contribution in [0.4, 0.5) is 0 Å². The van der Waals surface area contributed by atoms with Crippen LogP contribution in [0.25, 0.3) is 0 Å². The lowest BCUT2D eigenvalue weighted by Gasteiger charge is -2.10. The second-order valence-corrected chi connectivity index (χ2v) is 4.77. The van der Waals surface area contributed by atoms with Crippen LogP contribution in [0.5, 0.6) is 0 Å². The Hall–Kier alpha value is -1.63. The molecule has 0 aliphatic carbocycles. The van der Waals surface area contributed by atoms with Crippen LogP contribution in [0.2, 0.25) is 0 Å². The maximum Gasteiger partial charge on any atom is 0.122 e. The summed E-state index contributed by atoms with van der Waals surface area (Å²) in [5.74, 6) is 0. The van der Waals surface area contributed by atoms with Crippen molar-refractivity contribution >= 4 is 11.3 Å². The quantitative estimate of drug-likeness (QED) is 0.891. The standard InChI is InChI=1S/C14H14N2S/c1-11-2-4-12(5-3-11)9-16-14(8-15)13-6-7-17-10-13/h2-7,10,14,16H,9H2,1H3. The Morgan fingerprint density at radius 3 is 2.65 bits per heavy atom. The first-order valence-corrected chi connectivity index (χ1v) is 6.44. The number of hydrogen-bond acceptors (Lipinski definition) is 3. The fourth-order valence-corrected chi connectivity index (χ4v) is 2.29. The third-order valence-electron chi connectivity index (χ3n) is 2.64. The zero-order valence-corrected chi connectivity index (χ0v) is 10.5. The van der Waals surface area contributed by atoms with Gasteiger partial charge in [-0.25, -0.2) is 0 Å². The first kappa shape index (κ1) is 11.8. The summed E-state index contributed by atoms with van der Waals surface area (Å²) in [6.07, 6.45) is 0. The van der Waals surface area contributed by atoms with Gasteiger partial charge < -0.3 is 0 Å². The Morgan fingerprint density at radius 2 is 2.06 bits per heavy atom. The van der Waals surface area contributed by atoms with Crippen molar-refractivity contribution in [3.8, 4) is 6.07 Å². The van der Waals surface area contributed by atoms with E-state index in [1.807, 2.05) is 16.8 Å². The Balaban J connectivity index is 1.97. The van der Waals surface area contributed by atoms with Gasteiger partial charge in [-0.15, -0.1) is 0 Å². The van der Waals surface area contributed by atoms with Crippen LogP contribution in [-0.4, -0.2) is 0 Å². The van der Waals surface area contributed by atoms with Gasteiger partial charge in [-0.2, -0.15) is 16.6 Å². The zero-order chi connectivity index (χ0) is 12.1. The summed E-state index contributed by atoms with van der Waals surface area (Å²) in [5, 5.41) is 16.4. The van der Waals surface area contributed by atoms with Crippen LogP contribution in [0.15, 0.2) is 41.1 Å². The Labute approximate surface area is 106 Å². The van der Waals surface area contributed by atoms with Crippen LogP contribution in [0, 0.1) is 18.3 Å². The lowest BCUT2D eigenvalue weighted by molar-refractivity contribution is 0.632. The van der Waals surface area contributed by atoms with Gasteiger partial charge in [-0.05, 0) is 34.9 Å². The van der Waals surface area contributed by atoms with E-state index in [2.05, 4.69) is 42.6 Å². The molecular weight excluding hydrogens is 228 g/mol. The predicted octanol–water partition coefficient (Wildman–Crippen LogP) is 3.41. The highest BCUT2D eigenvalue weighted by molar-refractivity contribution is 7.08. The molecule has 86 valence electrons. The molecule has 0 aliphatic heterocycles. The molecule has 0 saturated heterocycles. The minimum atomic E-state index is -0.220. The molecule has 1 aromatic heterocycles. The van der Waals surface area contributed by atoms with Gasteiger partial charge in [0.1, 0.15) is 6.04 Å². The highest BCUT2D eigenvalue weighted by Crippen LogP contribution is 2.16. The highest BCUT2D eigenvalue weighted by atomic mass is 32.1. The van der Waals surface area contributed by atoms with Crippen LogP contribution in [-0.2, 0) is 6.54 Å². The van der Waals surface area contributed by atoms with E-state index in [4.69, 9.17) is 5.26 Å². The molecule has 2 rings (SSSR count). The number of nitriles is 1. The molecule has 1 aromatic carbocycles. The number of benzene rings is 1. The molecule has 1 N–H and O–H groups in total. The van der Waals surface area contributed by atoms with E-state index in [0.29, 0.717) is 6.54 Å². The molecule has 2 aromatic rings. The summed E-state index contributed by atoms with van der Waals surface area (Å²) in [5.41, 5.74) is 3.50. The van der Waals surface area contributed by atoms with E-state index in [9.17, 15) is 0 Å². The fourth-order valence-electron chi connectivity index (χ4n) is 1.60. The van der Waals surface area contributed by atoms with Crippen molar-refractivity contribution in [3.05, 3.63) is 57.8 Å². The fraction of sp³-hybridized carbons (Fsp3) is 0.214. The van der Waals surface area contributed by atoms with Crippen LogP contribution in [0.1, 0.15) is 22.7 Å². The third kappa shape index (κ3) is 3.16. The molecule has 0 bridgehead atoms. The van der Waals surface area contributed by atoms with E-state index in [0.717, 1.165) is 5.56 Å². The summed E-state index contributed by atoms with van der Waals surface area (Å²) in [6, 6.07) is 12.4. The number of nitrogens with one attached hydrogen (secondary N) is 1. The third-order valence-corrected chi connectivity index (χ3v) is 3.34. The van der Waals surface area contributed by atoms with Gasteiger partial charge in [0.05, 0.1) is 6.07 Å². The van der Waals surface area contributed by atoms with Gasteiger partial charge >= 0.3 is 0 Å². The lowest BCUT2D eigenvalue weighted by atomic mass is 10.1. The first-order valence-electron chi connectivity index (χ1n) is 5.50. The molecular formula is C14H14N2S. The van der Waals surface area contributed by atoms with Gasteiger partial charge in [0.15, 0.2) is 0 Å². The molecule has 0 saturated carbocycles. The number of thiophene rings is 1. The SMILES string of the molecule is Cc1ccc(CNC(C#N)c2ccsc2)cc1. The molecule has 0 spiro atoms. The zero-order valence-electron chi connectivity index (χ0n) is 9.68. The minimum Gasteiger partial charge on any atom is -0.294 e. The average molecular weight is 242 g/mol. The number of nitrogens with zero attached hydrogens (tertiary/aromatic N) is 1. The molecule has 0 aliphatic rings. The summed E-state index contributed by atoms with van der Waals surface area (Å²) >= 11 is 1.62. The molecule has 1 heterocycles. The topological polar surface area (TPSA) is 35.8 Å². The summed E-state index contributed by atoms with van der Waals surface area (Å²) in [4.78, 5) is 0. The number of rotatable bonds is 4. The van der Waals surface area contributed by atoms with Gasteiger partial charge in [0, 0.05) is 6.54 Å². The highest BCUT2D eigenvalue weighted by Gasteiger charge is 2.09. The van der Waals surface area contributed by atoms with Crippen molar-refractivity contribution in [2.45, 2.75) is 19.5 Å². The second-order valence-electron chi connectivity index (χ2n) is 3.99. The predicted molar refractivity (Wildman–Crippen MR) is 70.7 cm³/mol. The lowest BCUT2D eigenvalue weighted by Crippen LogP contribution is -2.18. The molecule has 17 heavy (non-hydrogen) atoms. The van der Waals surface area contributed by atoms with Crippen molar-refractivity contribution < 1.29 is 0 Å². The smallest absolute Gasteiger partial charge is 0.122 e. The van der Waals surface area contributed by atoms with E-state index >= 15 is 0 Å². The molecule has 2 nitrogen and oxygen atoms in total. The van der Waals surface area contributed by atoms with Crippen molar-refractivity contribution in [1.29, 1.82) is 5.26 Å². The van der Waals surface area contributed by atoms with Crippen LogP contribution >= 0.6 is 11.3 Å². The molecule has 0 radical (unpaired) electrons. The maximum atomic E-state index is 9.11. The largest absolute Gasteiger partial charge is 0.294 e. The molecule has 1 unspecified atom stereocenters. The van der Waals surface area contributed by atoms with Crippen molar-refractivity contribution in [2.75, 3.05) is 0 Å². The monoisotopic (exact) mass is 242 g/mol. The van der Waals surface area contributed by atoms with Gasteiger partial charge in [0.2, 0.25) is 0 Å². The number of hydrogen-bond donors (Lipinski definition) is 1. The Morgan fingerprint density at radius 1 is 1.29 bits per heavy atom. The van der Waals surface area contributed by atoms with Crippen molar-refractivity contribution in [1.82, 2.24) is 5.32 Å². The summed E-state index contributed by atoms with van der Waals surface area (Å²) in [6.45, 7) is 2.79. The molecule has 3 heteroatoms. The van der Waals surface area contributed by atoms with Gasteiger partial charge in [-0.3, -0.25) is 5.32 Å². The van der Waals surface area contributed by atoms with Crippen LogP contribution in [0.3, 0.4) is 0 Å². The average Bonchev–Trinajstić information content (AvgIpc) is 2.86. The molecule has 0 fully saturated rings. The maximum absolute atomic E-state index is 9.11. The molecule has 0 amide bonds. The summed E-state index contributed by atoms with van der Waals surface area (Å²) in [7, 11) is 0.